The average molecular weight is 418 g/mol. The normalized spacial score (nSPS) is 22.3. The number of rotatable bonds is 5. The number of nitro benzene ring substituents is 1. The smallest absolute Gasteiger partial charge is 0.270 e. The molecular formula is C22H28ClN3O3. The Hall–Kier alpha value is -2.15. The standard InChI is InChI=1S/C22H27N3O3.ClH/c1-22(2)13-16-11-18(25(26)27)12-17(21(16)28-22)14-24-19-9-6-10-23-20(19)15-7-4-3-5-8-15;/h3-5,7-8,11-12,19-20,23-24H,6,9-10,13-14H2,1-2H3;1H/t19-,20-;/m0./s1. The van der Waals surface area contributed by atoms with Gasteiger partial charge in [0.2, 0.25) is 0 Å². The number of non-ortho nitro benzene ring substituents is 1. The fourth-order valence-electron chi connectivity index (χ4n) is 4.37. The third kappa shape index (κ3) is 4.71. The molecule has 7 heteroatoms. The highest BCUT2D eigenvalue weighted by molar-refractivity contribution is 5.85. The van der Waals surface area contributed by atoms with Gasteiger partial charge in [-0.1, -0.05) is 30.3 Å². The molecule has 29 heavy (non-hydrogen) atoms. The quantitative estimate of drug-likeness (QED) is 0.559. The van der Waals surface area contributed by atoms with E-state index in [1.807, 2.05) is 19.9 Å². The van der Waals surface area contributed by atoms with E-state index < -0.39 is 0 Å². The fraction of sp³-hybridized carbons (Fsp3) is 0.455. The molecule has 0 unspecified atom stereocenters. The molecule has 0 bridgehead atoms. The summed E-state index contributed by atoms with van der Waals surface area (Å²) in [6, 6.07) is 14.3. The maximum atomic E-state index is 11.4. The largest absolute Gasteiger partial charge is 0.487 e. The molecule has 2 aliphatic rings. The molecule has 0 aromatic heterocycles. The van der Waals surface area contributed by atoms with Crippen LogP contribution >= 0.6 is 12.4 Å². The predicted molar refractivity (Wildman–Crippen MR) is 116 cm³/mol. The van der Waals surface area contributed by atoms with Crippen LogP contribution < -0.4 is 15.4 Å². The van der Waals surface area contributed by atoms with Gasteiger partial charge in [0, 0.05) is 48.3 Å². The molecule has 2 N–H and O–H groups in total. The van der Waals surface area contributed by atoms with Crippen molar-refractivity contribution in [1.82, 2.24) is 10.6 Å². The van der Waals surface area contributed by atoms with E-state index in [0.717, 1.165) is 36.3 Å². The van der Waals surface area contributed by atoms with Crippen molar-refractivity contribution >= 4 is 18.1 Å². The van der Waals surface area contributed by atoms with Gasteiger partial charge in [0.05, 0.1) is 4.92 Å². The summed E-state index contributed by atoms with van der Waals surface area (Å²) in [5.41, 5.74) is 2.87. The van der Waals surface area contributed by atoms with Crippen molar-refractivity contribution in [1.29, 1.82) is 0 Å². The minimum Gasteiger partial charge on any atom is -0.487 e. The fourth-order valence-corrected chi connectivity index (χ4v) is 4.37. The topological polar surface area (TPSA) is 76.4 Å². The van der Waals surface area contributed by atoms with E-state index in [1.54, 1.807) is 12.1 Å². The summed E-state index contributed by atoms with van der Waals surface area (Å²) in [6.07, 6.45) is 2.86. The highest BCUT2D eigenvalue weighted by Crippen LogP contribution is 2.40. The van der Waals surface area contributed by atoms with Gasteiger partial charge in [-0.2, -0.15) is 0 Å². The summed E-state index contributed by atoms with van der Waals surface area (Å²) in [6.45, 7) is 5.59. The molecule has 1 saturated heterocycles. The summed E-state index contributed by atoms with van der Waals surface area (Å²) in [5.74, 6) is 0.808. The lowest BCUT2D eigenvalue weighted by atomic mass is 9.92. The van der Waals surface area contributed by atoms with Crippen molar-refractivity contribution in [2.45, 2.75) is 57.3 Å². The van der Waals surface area contributed by atoms with Crippen LogP contribution in [0.2, 0.25) is 0 Å². The third-order valence-corrected chi connectivity index (χ3v) is 5.60. The van der Waals surface area contributed by atoms with Crippen molar-refractivity contribution < 1.29 is 9.66 Å². The van der Waals surface area contributed by atoms with E-state index in [4.69, 9.17) is 4.74 Å². The predicted octanol–water partition coefficient (Wildman–Crippen LogP) is 4.31. The average Bonchev–Trinajstić information content (AvgIpc) is 3.01. The number of nitrogens with one attached hydrogen (secondary N) is 2. The molecule has 6 nitrogen and oxygen atoms in total. The monoisotopic (exact) mass is 417 g/mol. The van der Waals surface area contributed by atoms with Crippen LogP contribution in [0, 0.1) is 10.1 Å². The molecule has 0 amide bonds. The van der Waals surface area contributed by atoms with Crippen molar-refractivity contribution in [2.75, 3.05) is 6.54 Å². The highest BCUT2D eigenvalue weighted by atomic mass is 35.5. The van der Waals surface area contributed by atoms with Crippen molar-refractivity contribution in [3.05, 3.63) is 69.3 Å². The Morgan fingerprint density at radius 2 is 2.03 bits per heavy atom. The molecule has 2 aromatic rings. The molecule has 0 spiro atoms. The SMILES string of the molecule is CC1(C)Cc2cc([N+](=O)[O-])cc(CN[C@H]3CCCN[C@H]3c3ccccc3)c2O1.Cl. The van der Waals surface area contributed by atoms with Crippen LogP contribution in [0.3, 0.4) is 0 Å². The van der Waals surface area contributed by atoms with Crippen LogP contribution in [0.15, 0.2) is 42.5 Å². The van der Waals surface area contributed by atoms with Crippen molar-refractivity contribution in [2.24, 2.45) is 0 Å². The minimum atomic E-state index is -0.328. The summed E-state index contributed by atoms with van der Waals surface area (Å²) in [7, 11) is 0. The molecule has 0 radical (unpaired) electrons. The van der Waals surface area contributed by atoms with Gasteiger partial charge in [0.1, 0.15) is 11.4 Å². The number of ether oxygens (including phenoxy) is 1. The van der Waals surface area contributed by atoms with Crippen LogP contribution in [0.5, 0.6) is 5.75 Å². The zero-order chi connectivity index (χ0) is 19.7. The molecule has 2 aliphatic heterocycles. The maximum Gasteiger partial charge on any atom is 0.270 e. The van der Waals surface area contributed by atoms with Gasteiger partial charge in [-0.25, -0.2) is 0 Å². The summed E-state index contributed by atoms with van der Waals surface area (Å²) in [5, 5.41) is 18.7. The van der Waals surface area contributed by atoms with Gasteiger partial charge in [0.15, 0.2) is 0 Å². The molecule has 2 atom stereocenters. The van der Waals surface area contributed by atoms with Crippen LogP contribution in [0.1, 0.15) is 49.4 Å². The first kappa shape index (κ1) is 21.6. The van der Waals surface area contributed by atoms with Gasteiger partial charge < -0.3 is 15.4 Å². The molecule has 0 saturated carbocycles. The van der Waals surface area contributed by atoms with Crippen molar-refractivity contribution in [3.63, 3.8) is 0 Å². The Bertz CT molecular complexity index is 873. The summed E-state index contributed by atoms with van der Waals surface area (Å²) in [4.78, 5) is 11.1. The molecule has 1 fully saturated rings. The van der Waals surface area contributed by atoms with Crippen LogP contribution in [0.25, 0.3) is 0 Å². The first-order valence-electron chi connectivity index (χ1n) is 9.94. The highest BCUT2D eigenvalue weighted by Gasteiger charge is 2.34. The number of fused-ring (bicyclic) bond motifs is 1. The Morgan fingerprint density at radius 1 is 1.28 bits per heavy atom. The zero-order valence-corrected chi connectivity index (χ0v) is 17.6. The van der Waals surface area contributed by atoms with E-state index in [2.05, 4.69) is 34.9 Å². The number of hydrogen-bond acceptors (Lipinski definition) is 5. The zero-order valence-electron chi connectivity index (χ0n) is 16.8. The van der Waals surface area contributed by atoms with E-state index in [1.165, 1.54) is 5.56 Å². The molecule has 4 rings (SSSR count). The Labute approximate surface area is 177 Å². The van der Waals surface area contributed by atoms with E-state index in [0.29, 0.717) is 13.0 Å². The minimum absolute atomic E-state index is 0. The number of nitrogens with zero attached hydrogens (tertiary/aromatic N) is 1. The Morgan fingerprint density at radius 3 is 2.76 bits per heavy atom. The second-order valence-corrected chi connectivity index (χ2v) is 8.36. The van der Waals surface area contributed by atoms with Crippen LogP contribution in [-0.4, -0.2) is 23.1 Å². The molecule has 2 aromatic carbocycles. The number of benzene rings is 2. The van der Waals surface area contributed by atoms with E-state index in [9.17, 15) is 10.1 Å². The van der Waals surface area contributed by atoms with Gasteiger partial charge in [-0.3, -0.25) is 10.1 Å². The summed E-state index contributed by atoms with van der Waals surface area (Å²) >= 11 is 0. The molecule has 0 aliphatic carbocycles. The van der Waals surface area contributed by atoms with Crippen LogP contribution in [0.4, 0.5) is 5.69 Å². The second kappa shape index (κ2) is 8.69. The summed E-state index contributed by atoms with van der Waals surface area (Å²) < 4.78 is 6.13. The van der Waals surface area contributed by atoms with E-state index >= 15 is 0 Å². The number of nitro groups is 1. The Kier molecular flexibility index (Phi) is 6.46. The lowest BCUT2D eigenvalue weighted by Gasteiger charge is -2.34. The second-order valence-electron chi connectivity index (χ2n) is 8.36. The maximum absolute atomic E-state index is 11.4. The van der Waals surface area contributed by atoms with Gasteiger partial charge in [-0.05, 0) is 38.8 Å². The first-order chi connectivity index (χ1) is 13.4. The third-order valence-electron chi connectivity index (χ3n) is 5.60. The van der Waals surface area contributed by atoms with Crippen LogP contribution in [-0.2, 0) is 13.0 Å². The molecule has 2 heterocycles. The number of piperidine rings is 1. The first-order valence-corrected chi connectivity index (χ1v) is 9.94. The van der Waals surface area contributed by atoms with Crippen molar-refractivity contribution in [3.8, 4) is 5.75 Å². The lowest BCUT2D eigenvalue weighted by Crippen LogP contribution is -2.45. The molecular weight excluding hydrogens is 390 g/mol. The van der Waals surface area contributed by atoms with Gasteiger partial charge >= 0.3 is 0 Å². The lowest BCUT2D eigenvalue weighted by molar-refractivity contribution is -0.385. The molecule has 156 valence electrons. The van der Waals surface area contributed by atoms with Gasteiger partial charge in [0.25, 0.3) is 5.69 Å². The van der Waals surface area contributed by atoms with E-state index in [-0.39, 0.29) is 40.7 Å². The number of halogens is 1. The van der Waals surface area contributed by atoms with Gasteiger partial charge in [-0.15, -0.1) is 12.4 Å². The Balaban J connectivity index is 0.00000240. The number of hydrogen-bond donors (Lipinski definition) is 2.